The summed E-state index contributed by atoms with van der Waals surface area (Å²) < 4.78 is 1.17. The van der Waals surface area contributed by atoms with Crippen LogP contribution >= 0.6 is 0 Å². The van der Waals surface area contributed by atoms with Crippen LogP contribution in [0.1, 0.15) is 26.2 Å². The van der Waals surface area contributed by atoms with E-state index in [0.717, 1.165) is 11.1 Å². The number of carbonyl (C=O) groups is 2. The van der Waals surface area contributed by atoms with Crippen molar-refractivity contribution < 1.29 is 19.5 Å². The van der Waals surface area contributed by atoms with Crippen LogP contribution in [0.2, 0.25) is 0 Å². The van der Waals surface area contributed by atoms with Gasteiger partial charge in [-0.05, 0) is 25.0 Å². The Bertz CT molecular complexity index is 855. The van der Waals surface area contributed by atoms with Gasteiger partial charge in [-0.1, -0.05) is 36.8 Å². The molecule has 0 amide bonds. The van der Waals surface area contributed by atoms with Crippen molar-refractivity contribution >= 4 is 23.2 Å². The first-order valence-corrected chi connectivity index (χ1v) is 8.95. The van der Waals surface area contributed by atoms with Crippen LogP contribution < -0.4 is 4.84 Å². The fraction of sp³-hybridized carbons (Fsp3) is 0.238. The third-order valence-corrected chi connectivity index (χ3v) is 3.98. The second-order valence-corrected chi connectivity index (χ2v) is 5.78. The lowest BCUT2D eigenvalue weighted by Crippen LogP contribution is -2.22. The summed E-state index contributed by atoms with van der Waals surface area (Å²) in [6.45, 7) is 1.80. The third kappa shape index (κ3) is 6.14. The molecule has 0 saturated heterocycles. The van der Waals surface area contributed by atoms with Gasteiger partial charge in [0.15, 0.2) is 0 Å². The largest absolute Gasteiger partial charge is 0.396 e. The van der Waals surface area contributed by atoms with Gasteiger partial charge in [0.2, 0.25) is 0 Å². The Morgan fingerprint density at radius 3 is 2.64 bits per heavy atom. The van der Waals surface area contributed by atoms with Crippen LogP contribution in [0.15, 0.2) is 72.5 Å². The minimum absolute atomic E-state index is 0.0172. The number of para-hydroxylation sites is 1. The molecule has 7 nitrogen and oxygen atoms in total. The molecular formula is C21H23N3O4. The zero-order valence-electron chi connectivity index (χ0n) is 15.7. The number of benzene rings is 1. The summed E-state index contributed by atoms with van der Waals surface area (Å²) in [5, 5.41) is 10.1. The van der Waals surface area contributed by atoms with Crippen molar-refractivity contribution in [2.45, 2.75) is 26.2 Å². The average molecular weight is 381 g/mol. The number of rotatable bonds is 7. The Hall–Kier alpha value is -3.32. The fourth-order valence-electron chi connectivity index (χ4n) is 2.60. The highest BCUT2D eigenvalue weighted by Crippen LogP contribution is 2.16. The Balaban J connectivity index is 0.000000233. The molecule has 1 aromatic carbocycles. The number of hydrogen-bond acceptors (Lipinski definition) is 6. The molecule has 0 bridgehead atoms. The molecule has 146 valence electrons. The van der Waals surface area contributed by atoms with Crippen LogP contribution in [0.3, 0.4) is 0 Å². The monoisotopic (exact) mass is 381 g/mol. The number of aliphatic hydroxyl groups excluding tert-OH is 1. The van der Waals surface area contributed by atoms with Crippen molar-refractivity contribution in [2.75, 3.05) is 6.61 Å². The number of fused-ring (bicyclic) bond motifs is 1. The summed E-state index contributed by atoms with van der Waals surface area (Å²) in [5.74, 6) is -0.592. The lowest BCUT2D eigenvalue weighted by Gasteiger charge is -2.10. The maximum absolute atomic E-state index is 11.9. The van der Waals surface area contributed by atoms with Gasteiger partial charge >= 0.3 is 5.97 Å². The number of pyridine rings is 1. The van der Waals surface area contributed by atoms with Gasteiger partial charge in [-0.2, -0.15) is 4.73 Å². The van der Waals surface area contributed by atoms with Gasteiger partial charge in [0.1, 0.15) is 12.6 Å². The van der Waals surface area contributed by atoms with Gasteiger partial charge in [0.25, 0.3) is 0 Å². The highest BCUT2D eigenvalue weighted by Gasteiger charge is 2.16. The van der Waals surface area contributed by atoms with Crippen LogP contribution in [-0.4, -0.2) is 38.7 Å². The Morgan fingerprint density at radius 2 is 2.00 bits per heavy atom. The van der Waals surface area contributed by atoms with E-state index in [4.69, 9.17) is 9.94 Å². The van der Waals surface area contributed by atoms with Gasteiger partial charge in [-0.3, -0.25) is 4.98 Å². The van der Waals surface area contributed by atoms with E-state index in [1.54, 1.807) is 0 Å². The van der Waals surface area contributed by atoms with Gasteiger partial charge in [-0.25, -0.2) is 9.78 Å². The molecule has 0 aliphatic heterocycles. The van der Waals surface area contributed by atoms with Gasteiger partial charge in [0, 0.05) is 36.4 Å². The van der Waals surface area contributed by atoms with Crippen LogP contribution in [0, 0.1) is 0 Å². The topological polar surface area (TPSA) is 94.3 Å². The first-order chi connectivity index (χ1) is 13.7. The predicted octanol–water partition coefficient (Wildman–Crippen LogP) is 2.75. The van der Waals surface area contributed by atoms with E-state index in [0.29, 0.717) is 24.7 Å². The number of aldehydes is 1. The number of aliphatic hydroxyl groups is 1. The van der Waals surface area contributed by atoms with E-state index >= 15 is 0 Å². The zero-order valence-corrected chi connectivity index (χ0v) is 15.7. The zero-order chi connectivity index (χ0) is 20.2. The van der Waals surface area contributed by atoms with Gasteiger partial charge < -0.3 is 14.7 Å². The summed E-state index contributed by atoms with van der Waals surface area (Å²) in [7, 11) is 0. The van der Waals surface area contributed by atoms with Crippen LogP contribution in [-0.2, 0) is 9.59 Å². The second-order valence-electron chi connectivity index (χ2n) is 5.78. The van der Waals surface area contributed by atoms with Crippen molar-refractivity contribution in [1.29, 1.82) is 0 Å². The van der Waals surface area contributed by atoms with Crippen molar-refractivity contribution in [1.82, 2.24) is 14.7 Å². The normalized spacial score (nSPS) is 11.2. The molecule has 0 unspecified atom stereocenters. The van der Waals surface area contributed by atoms with E-state index in [1.165, 1.54) is 28.8 Å². The second kappa shape index (κ2) is 11.4. The van der Waals surface area contributed by atoms with E-state index in [-0.39, 0.29) is 13.0 Å². The minimum Gasteiger partial charge on any atom is -0.396 e. The highest BCUT2D eigenvalue weighted by atomic mass is 16.7. The van der Waals surface area contributed by atoms with Crippen molar-refractivity contribution in [3.63, 3.8) is 0 Å². The maximum atomic E-state index is 11.9. The van der Waals surface area contributed by atoms with Gasteiger partial charge in [0.05, 0.1) is 11.7 Å². The maximum Gasteiger partial charge on any atom is 0.360 e. The molecule has 0 fully saturated rings. The number of nitrogens with zero attached hydrogens (tertiary/aromatic N) is 3. The molecule has 7 heteroatoms. The van der Waals surface area contributed by atoms with E-state index < -0.39 is 5.97 Å². The molecule has 0 aliphatic rings. The molecular weight excluding hydrogens is 358 g/mol. The number of hydrogen-bond donors (Lipinski definition) is 1. The predicted molar refractivity (Wildman–Crippen MR) is 105 cm³/mol. The average Bonchev–Trinajstić information content (AvgIpc) is 3.24. The number of imidazole rings is 1. The van der Waals surface area contributed by atoms with Crippen molar-refractivity contribution in [3.05, 3.63) is 72.5 Å². The molecule has 0 aliphatic carbocycles. The minimum atomic E-state index is -0.592. The highest BCUT2D eigenvalue weighted by molar-refractivity contribution is 5.92. The molecule has 1 N–H and O–H groups in total. The quantitative estimate of drug-likeness (QED) is 0.500. The standard InChI is InChI=1S/C12H16N2O4.C9H7N/c1-2-10(3-7-15)11(4-8-16)12(17)18-14-6-5-13-9-14;1-2-6-9-8(4-1)5-3-7-10-9/h5-6,8-9,15H,2-4,7H2,1H3;1-7H/b11-10+;. The molecule has 0 radical (unpaired) electrons. The summed E-state index contributed by atoms with van der Waals surface area (Å²) >= 11 is 0. The molecule has 3 aromatic rings. The molecule has 3 rings (SSSR count). The van der Waals surface area contributed by atoms with Crippen molar-refractivity contribution in [2.24, 2.45) is 0 Å². The lowest BCUT2D eigenvalue weighted by atomic mass is 10.0. The molecule has 0 saturated carbocycles. The van der Waals surface area contributed by atoms with Crippen molar-refractivity contribution in [3.8, 4) is 0 Å². The van der Waals surface area contributed by atoms with Crippen LogP contribution in [0.4, 0.5) is 0 Å². The Labute approximate surface area is 163 Å². The van der Waals surface area contributed by atoms with E-state index in [2.05, 4.69) is 22.1 Å². The molecule has 2 heterocycles. The Morgan fingerprint density at radius 1 is 1.21 bits per heavy atom. The molecule has 28 heavy (non-hydrogen) atoms. The molecule has 0 atom stereocenters. The fourth-order valence-corrected chi connectivity index (χ4v) is 2.60. The van der Waals surface area contributed by atoms with Gasteiger partial charge in [-0.15, -0.1) is 0 Å². The molecule has 0 spiro atoms. The number of carbonyl (C=O) groups excluding carboxylic acids is 2. The summed E-state index contributed by atoms with van der Waals surface area (Å²) in [6, 6.07) is 12.1. The summed E-state index contributed by atoms with van der Waals surface area (Å²) in [4.78, 5) is 35.5. The van der Waals surface area contributed by atoms with E-state index in [1.807, 2.05) is 37.4 Å². The lowest BCUT2D eigenvalue weighted by molar-refractivity contribution is -0.140. The van der Waals surface area contributed by atoms with E-state index in [9.17, 15) is 9.59 Å². The smallest absolute Gasteiger partial charge is 0.360 e. The number of aromatic nitrogens is 3. The Kier molecular flexibility index (Phi) is 8.55. The third-order valence-electron chi connectivity index (χ3n) is 3.98. The van der Waals surface area contributed by atoms with Crippen LogP contribution in [0.5, 0.6) is 0 Å². The SMILES string of the molecule is CC/C(CCO)=C(/CC=O)C(=O)On1ccnc1.c1ccc2ncccc2c1. The van der Waals surface area contributed by atoms with Crippen LogP contribution in [0.25, 0.3) is 10.9 Å². The molecule has 2 aromatic heterocycles. The summed E-state index contributed by atoms with van der Waals surface area (Å²) in [6.07, 6.45) is 7.69. The summed E-state index contributed by atoms with van der Waals surface area (Å²) in [5.41, 5.74) is 2.09. The first kappa shape index (κ1) is 21.0. The first-order valence-electron chi connectivity index (χ1n) is 8.95.